The molecular weight excluding hydrogens is 312 g/mol. The minimum atomic E-state index is -0.966. The molecular formula is C17H18N2O3S. The van der Waals surface area contributed by atoms with Crippen molar-refractivity contribution in [2.75, 3.05) is 18.8 Å². The summed E-state index contributed by atoms with van der Waals surface area (Å²) in [6.07, 6.45) is 2.00. The maximum absolute atomic E-state index is 11.0. The number of ether oxygens (including phenoxy) is 1. The zero-order valence-corrected chi connectivity index (χ0v) is 14.0. The van der Waals surface area contributed by atoms with Gasteiger partial charge in [-0.3, -0.25) is 5.43 Å². The maximum atomic E-state index is 11.0. The van der Waals surface area contributed by atoms with Crippen molar-refractivity contribution in [3.05, 3.63) is 53.6 Å². The van der Waals surface area contributed by atoms with Crippen molar-refractivity contribution in [2.45, 2.75) is 11.8 Å². The Morgan fingerprint density at radius 1 is 1.22 bits per heavy atom. The van der Waals surface area contributed by atoms with E-state index in [1.165, 1.54) is 12.1 Å². The summed E-state index contributed by atoms with van der Waals surface area (Å²) in [6, 6.07) is 12.4. The number of hydrogen-bond donors (Lipinski definition) is 2. The van der Waals surface area contributed by atoms with E-state index in [0.29, 0.717) is 5.69 Å². The van der Waals surface area contributed by atoms with Crippen molar-refractivity contribution in [2.24, 2.45) is 5.10 Å². The smallest absolute Gasteiger partial charge is 0.335 e. The van der Waals surface area contributed by atoms with Crippen molar-refractivity contribution in [1.82, 2.24) is 0 Å². The molecule has 2 aromatic rings. The van der Waals surface area contributed by atoms with Gasteiger partial charge in [-0.2, -0.15) is 5.10 Å². The van der Waals surface area contributed by atoms with Crippen LogP contribution in [0.3, 0.4) is 0 Å². The summed E-state index contributed by atoms with van der Waals surface area (Å²) in [5, 5.41) is 13.3. The Labute approximate surface area is 139 Å². The van der Waals surface area contributed by atoms with Crippen LogP contribution in [0.5, 0.6) is 5.75 Å². The molecule has 0 aromatic heterocycles. The second kappa shape index (κ2) is 7.69. The van der Waals surface area contributed by atoms with Gasteiger partial charge in [-0.15, -0.1) is 11.8 Å². The third kappa shape index (κ3) is 4.26. The lowest BCUT2D eigenvalue weighted by Crippen LogP contribution is -2.02. The number of thioether (sulfide) groups is 1. The van der Waals surface area contributed by atoms with Gasteiger partial charge >= 0.3 is 5.97 Å². The first-order chi connectivity index (χ1) is 11.0. The number of carboxylic acid groups (broad SMARTS) is 1. The number of methoxy groups -OCH3 is 1. The molecule has 23 heavy (non-hydrogen) atoms. The van der Waals surface area contributed by atoms with Crippen LogP contribution < -0.4 is 10.2 Å². The average Bonchev–Trinajstić information content (AvgIpc) is 2.59. The van der Waals surface area contributed by atoms with Gasteiger partial charge in [-0.25, -0.2) is 4.79 Å². The van der Waals surface area contributed by atoms with E-state index in [2.05, 4.69) is 10.5 Å². The van der Waals surface area contributed by atoms with Crippen LogP contribution >= 0.6 is 11.8 Å². The van der Waals surface area contributed by atoms with Gasteiger partial charge in [0.05, 0.1) is 24.1 Å². The van der Waals surface area contributed by atoms with Crippen LogP contribution in [-0.4, -0.2) is 30.2 Å². The van der Waals surface area contributed by atoms with Crippen LogP contribution in [0.25, 0.3) is 0 Å². The van der Waals surface area contributed by atoms with Gasteiger partial charge in [-0.1, -0.05) is 12.1 Å². The van der Waals surface area contributed by atoms with Gasteiger partial charge < -0.3 is 9.84 Å². The van der Waals surface area contributed by atoms with Crippen molar-refractivity contribution in [3.8, 4) is 5.75 Å². The zero-order chi connectivity index (χ0) is 16.8. The number of nitrogens with one attached hydrogen (secondary N) is 1. The van der Waals surface area contributed by atoms with Crippen molar-refractivity contribution >= 4 is 29.1 Å². The molecule has 0 heterocycles. The fourth-order valence-corrected chi connectivity index (χ4v) is 2.54. The predicted molar refractivity (Wildman–Crippen MR) is 94.0 cm³/mol. The standard InChI is InChI=1S/C17H18N2O3S/c1-11(12-7-8-16(23-3)15(10-12)22-2)18-19-14-6-4-5-13(9-14)17(20)21/h4-10,19H,1-3H3,(H,20,21). The molecule has 0 aliphatic heterocycles. The lowest BCUT2D eigenvalue weighted by molar-refractivity contribution is 0.0697. The van der Waals surface area contributed by atoms with Crippen LogP contribution in [0.15, 0.2) is 52.5 Å². The van der Waals surface area contributed by atoms with E-state index in [4.69, 9.17) is 9.84 Å². The Balaban J connectivity index is 2.20. The number of anilines is 1. The van der Waals surface area contributed by atoms with E-state index in [1.54, 1.807) is 31.0 Å². The molecule has 0 radical (unpaired) electrons. The summed E-state index contributed by atoms with van der Waals surface area (Å²) in [6.45, 7) is 1.88. The van der Waals surface area contributed by atoms with Crippen molar-refractivity contribution in [3.63, 3.8) is 0 Å². The summed E-state index contributed by atoms with van der Waals surface area (Å²) in [4.78, 5) is 12.0. The normalized spacial score (nSPS) is 11.2. The number of hydrazone groups is 1. The molecule has 0 fully saturated rings. The second-order valence-corrected chi connectivity index (χ2v) is 5.61. The van der Waals surface area contributed by atoms with Crippen LogP contribution in [0, 0.1) is 0 Å². The van der Waals surface area contributed by atoms with Gasteiger partial charge in [-0.05, 0) is 43.5 Å². The molecule has 0 aliphatic rings. The van der Waals surface area contributed by atoms with E-state index < -0.39 is 5.97 Å². The number of hydrogen-bond acceptors (Lipinski definition) is 5. The lowest BCUT2D eigenvalue weighted by Gasteiger charge is -2.09. The van der Waals surface area contributed by atoms with Crippen LogP contribution in [0.2, 0.25) is 0 Å². The first kappa shape index (κ1) is 16.9. The highest BCUT2D eigenvalue weighted by atomic mass is 32.2. The Kier molecular flexibility index (Phi) is 5.65. The summed E-state index contributed by atoms with van der Waals surface area (Å²) < 4.78 is 5.37. The van der Waals surface area contributed by atoms with Gasteiger partial charge in [0.1, 0.15) is 5.75 Å². The summed E-state index contributed by atoms with van der Waals surface area (Å²) in [5.74, 6) is -0.163. The quantitative estimate of drug-likeness (QED) is 0.477. The molecule has 0 saturated heterocycles. The molecule has 2 N–H and O–H groups in total. The first-order valence-electron chi connectivity index (χ1n) is 6.91. The third-order valence-electron chi connectivity index (χ3n) is 3.26. The van der Waals surface area contributed by atoms with E-state index in [0.717, 1.165) is 21.9 Å². The van der Waals surface area contributed by atoms with Gasteiger partial charge in [0.15, 0.2) is 0 Å². The number of benzene rings is 2. The largest absolute Gasteiger partial charge is 0.496 e. The maximum Gasteiger partial charge on any atom is 0.335 e. The Bertz CT molecular complexity index is 744. The Morgan fingerprint density at radius 3 is 2.65 bits per heavy atom. The highest BCUT2D eigenvalue weighted by Crippen LogP contribution is 2.28. The number of aromatic carboxylic acids is 1. The minimum Gasteiger partial charge on any atom is -0.496 e. The van der Waals surface area contributed by atoms with Gasteiger partial charge in [0, 0.05) is 10.5 Å². The van der Waals surface area contributed by atoms with Crippen LogP contribution in [0.1, 0.15) is 22.8 Å². The summed E-state index contributed by atoms with van der Waals surface area (Å²) >= 11 is 1.62. The molecule has 0 saturated carbocycles. The Hall–Kier alpha value is -2.47. The van der Waals surface area contributed by atoms with E-state index >= 15 is 0 Å². The number of nitrogens with zero attached hydrogens (tertiary/aromatic N) is 1. The molecule has 5 nitrogen and oxygen atoms in total. The number of carboxylic acids is 1. The second-order valence-electron chi connectivity index (χ2n) is 4.76. The molecule has 0 amide bonds. The number of rotatable bonds is 6. The molecule has 0 unspecified atom stereocenters. The third-order valence-corrected chi connectivity index (χ3v) is 4.04. The molecule has 0 aliphatic carbocycles. The van der Waals surface area contributed by atoms with Crippen LogP contribution in [-0.2, 0) is 0 Å². The predicted octanol–water partition coefficient (Wildman–Crippen LogP) is 3.95. The lowest BCUT2D eigenvalue weighted by atomic mass is 10.1. The van der Waals surface area contributed by atoms with Crippen LogP contribution in [0.4, 0.5) is 5.69 Å². The van der Waals surface area contributed by atoms with Crippen molar-refractivity contribution in [1.29, 1.82) is 0 Å². The SMILES string of the molecule is COc1cc(C(C)=NNc2cccc(C(=O)O)c2)ccc1SC. The minimum absolute atomic E-state index is 0.217. The first-order valence-corrected chi connectivity index (χ1v) is 8.13. The molecule has 0 atom stereocenters. The highest BCUT2D eigenvalue weighted by molar-refractivity contribution is 7.98. The van der Waals surface area contributed by atoms with E-state index in [-0.39, 0.29) is 5.56 Å². The van der Waals surface area contributed by atoms with Gasteiger partial charge in [0.25, 0.3) is 0 Å². The molecule has 0 bridgehead atoms. The summed E-state index contributed by atoms with van der Waals surface area (Å²) in [7, 11) is 1.64. The molecule has 2 rings (SSSR count). The molecule has 120 valence electrons. The van der Waals surface area contributed by atoms with E-state index in [9.17, 15) is 4.79 Å². The zero-order valence-electron chi connectivity index (χ0n) is 13.2. The fraction of sp³-hybridized carbons (Fsp3) is 0.176. The number of carbonyl (C=O) groups is 1. The Morgan fingerprint density at radius 2 is 2.00 bits per heavy atom. The molecule has 2 aromatic carbocycles. The fourth-order valence-electron chi connectivity index (χ4n) is 2.00. The molecule has 6 heteroatoms. The van der Waals surface area contributed by atoms with Crippen molar-refractivity contribution < 1.29 is 14.6 Å². The van der Waals surface area contributed by atoms with E-state index in [1.807, 2.05) is 31.4 Å². The van der Waals surface area contributed by atoms with Gasteiger partial charge in [0.2, 0.25) is 0 Å². The summed E-state index contributed by atoms with van der Waals surface area (Å²) in [5.41, 5.74) is 5.43. The average molecular weight is 330 g/mol. The monoisotopic (exact) mass is 330 g/mol. The topological polar surface area (TPSA) is 70.9 Å². The molecule has 0 spiro atoms. The highest BCUT2D eigenvalue weighted by Gasteiger charge is 2.06.